The van der Waals surface area contributed by atoms with E-state index in [1.165, 1.54) is 17.1 Å². The zero-order chi connectivity index (χ0) is 19.2. The molecule has 9 heteroatoms. The molecule has 0 spiro atoms. The van der Waals surface area contributed by atoms with Gasteiger partial charge in [0.1, 0.15) is 11.7 Å². The molecule has 27 heavy (non-hydrogen) atoms. The van der Waals surface area contributed by atoms with Crippen LogP contribution in [0.4, 0.5) is 0 Å². The Morgan fingerprint density at radius 1 is 1.30 bits per heavy atom. The van der Waals surface area contributed by atoms with Crippen molar-refractivity contribution in [2.75, 3.05) is 13.1 Å². The fourth-order valence-electron chi connectivity index (χ4n) is 3.24. The number of carboxylic acids is 1. The molecule has 0 aliphatic carbocycles. The lowest BCUT2D eigenvalue weighted by atomic mass is 10.1. The molecule has 2 atom stereocenters. The molecule has 2 heterocycles. The molecule has 9 nitrogen and oxygen atoms in total. The summed E-state index contributed by atoms with van der Waals surface area (Å²) in [5.74, 6) is -1.51. The molecule has 3 N–H and O–H groups in total. The molecule has 142 valence electrons. The molecule has 1 amide bonds. The van der Waals surface area contributed by atoms with Gasteiger partial charge in [0.25, 0.3) is 5.91 Å². The van der Waals surface area contributed by atoms with Crippen LogP contribution in [0, 0.1) is 0 Å². The molecule has 0 saturated carbocycles. The lowest BCUT2D eigenvalue weighted by molar-refractivity contribution is -0.142. The molecular formula is C18H21N5O4. The largest absolute Gasteiger partial charge is 0.480 e. The number of hydroxylamine groups is 1. The normalized spacial score (nSPS) is 20.2. The SMILES string of the molecule is O=C(/C=C/c1cn([C@@H]2C[C@@H](C(=O)O)N(CCc3ccccc3)C2)nn1)NO. The van der Waals surface area contributed by atoms with E-state index in [4.69, 9.17) is 5.21 Å². The number of benzene rings is 1. The van der Waals surface area contributed by atoms with Crippen LogP contribution < -0.4 is 5.48 Å². The highest BCUT2D eigenvalue weighted by molar-refractivity contribution is 5.90. The van der Waals surface area contributed by atoms with E-state index in [1.807, 2.05) is 35.2 Å². The summed E-state index contributed by atoms with van der Waals surface area (Å²) in [6.45, 7) is 1.21. The van der Waals surface area contributed by atoms with Gasteiger partial charge in [-0.1, -0.05) is 35.5 Å². The maximum atomic E-state index is 11.6. The summed E-state index contributed by atoms with van der Waals surface area (Å²) in [6, 6.07) is 9.28. The van der Waals surface area contributed by atoms with E-state index >= 15 is 0 Å². The Kier molecular flexibility index (Phi) is 5.94. The summed E-state index contributed by atoms with van der Waals surface area (Å²) in [6.07, 6.45) is 5.43. The lowest BCUT2D eigenvalue weighted by Crippen LogP contribution is -2.37. The fourth-order valence-corrected chi connectivity index (χ4v) is 3.24. The van der Waals surface area contributed by atoms with E-state index in [-0.39, 0.29) is 6.04 Å². The molecule has 2 aromatic rings. The summed E-state index contributed by atoms with van der Waals surface area (Å²) < 4.78 is 1.63. The van der Waals surface area contributed by atoms with Crippen LogP contribution in [0.25, 0.3) is 6.08 Å². The quantitative estimate of drug-likeness (QED) is 0.373. The predicted molar refractivity (Wildman–Crippen MR) is 95.8 cm³/mol. The van der Waals surface area contributed by atoms with Gasteiger partial charge < -0.3 is 5.11 Å². The second kappa shape index (κ2) is 8.56. The van der Waals surface area contributed by atoms with Crippen molar-refractivity contribution in [3.8, 4) is 0 Å². The van der Waals surface area contributed by atoms with E-state index in [0.717, 1.165) is 12.5 Å². The molecule has 0 radical (unpaired) electrons. The zero-order valence-corrected chi connectivity index (χ0v) is 14.6. The minimum absolute atomic E-state index is 0.108. The van der Waals surface area contributed by atoms with Crippen molar-refractivity contribution >= 4 is 18.0 Å². The topological polar surface area (TPSA) is 121 Å². The molecule has 3 rings (SSSR count). The second-order valence-corrected chi connectivity index (χ2v) is 6.41. The van der Waals surface area contributed by atoms with Crippen LogP contribution in [0.15, 0.2) is 42.6 Å². The Bertz CT molecular complexity index is 820. The zero-order valence-electron chi connectivity index (χ0n) is 14.6. The van der Waals surface area contributed by atoms with Crippen molar-refractivity contribution in [3.63, 3.8) is 0 Å². The number of carboxylic acid groups (broad SMARTS) is 1. The van der Waals surface area contributed by atoms with E-state index in [2.05, 4.69) is 10.3 Å². The van der Waals surface area contributed by atoms with Crippen LogP contribution in [0.2, 0.25) is 0 Å². The number of hydrogen-bond acceptors (Lipinski definition) is 6. The maximum Gasteiger partial charge on any atom is 0.321 e. The van der Waals surface area contributed by atoms with Crippen molar-refractivity contribution in [2.24, 2.45) is 0 Å². The molecule has 1 aromatic carbocycles. The Balaban J connectivity index is 1.65. The Morgan fingerprint density at radius 3 is 2.78 bits per heavy atom. The van der Waals surface area contributed by atoms with Crippen molar-refractivity contribution in [1.29, 1.82) is 0 Å². The number of likely N-dealkylation sites (tertiary alicyclic amines) is 1. The number of hydrogen-bond donors (Lipinski definition) is 3. The minimum atomic E-state index is -0.842. The number of carbonyl (C=O) groups excluding carboxylic acids is 1. The number of carbonyl (C=O) groups is 2. The van der Waals surface area contributed by atoms with Crippen molar-refractivity contribution in [1.82, 2.24) is 25.4 Å². The number of nitrogens with one attached hydrogen (secondary N) is 1. The first-order chi connectivity index (χ1) is 13.1. The van der Waals surface area contributed by atoms with Gasteiger partial charge in [0.05, 0.1) is 12.2 Å². The van der Waals surface area contributed by atoms with Gasteiger partial charge in [-0.2, -0.15) is 0 Å². The third-order valence-corrected chi connectivity index (χ3v) is 4.61. The average molecular weight is 371 g/mol. The van der Waals surface area contributed by atoms with Gasteiger partial charge in [-0.3, -0.25) is 19.7 Å². The predicted octanol–water partition coefficient (Wildman–Crippen LogP) is 0.739. The first kappa shape index (κ1) is 18.7. The van der Waals surface area contributed by atoms with Gasteiger partial charge in [0.2, 0.25) is 0 Å². The van der Waals surface area contributed by atoms with Crippen molar-refractivity contribution in [3.05, 3.63) is 53.9 Å². The van der Waals surface area contributed by atoms with Crippen LogP contribution >= 0.6 is 0 Å². The monoisotopic (exact) mass is 371 g/mol. The highest BCUT2D eigenvalue weighted by atomic mass is 16.5. The summed E-state index contributed by atoms with van der Waals surface area (Å²) in [7, 11) is 0. The number of nitrogens with zero attached hydrogens (tertiary/aromatic N) is 4. The summed E-state index contributed by atoms with van der Waals surface area (Å²) in [5, 5.41) is 26.0. The van der Waals surface area contributed by atoms with Gasteiger partial charge in [-0.05, 0) is 24.5 Å². The summed E-state index contributed by atoms with van der Waals surface area (Å²) >= 11 is 0. The lowest BCUT2D eigenvalue weighted by Gasteiger charge is -2.20. The van der Waals surface area contributed by atoms with E-state index in [1.54, 1.807) is 10.9 Å². The van der Waals surface area contributed by atoms with E-state index in [9.17, 15) is 14.7 Å². The van der Waals surface area contributed by atoms with Crippen LogP contribution in [0.3, 0.4) is 0 Å². The summed E-state index contributed by atoms with van der Waals surface area (Å²) in [5.41, 5.74) is 3.12. The fraction of sp³-hybridized carbons (Fsp3) is 0.333. The van der Waals surface area contributed by atoms with Crippen LogP contribution in [0.1, 0.15) is 23.7 Å². The standard InChI is InChI=1S/C18H21N5O4/c24-17(20-27)7-6-14-11-23(21-19-14)15-10-16(18(25)26)22(12-15)9-8-13-4-2-1-3-5-13/h1-7,11,15-16,27H,8-10,12H2,(H,20,24)(H,25,26)/b7-6+/t15-,16+/m1/s1. The molecule has 1 aliphatic heterocycles. The highest BCUT2D eigenvalue weighted by Gasteiger charge is 2.37. The van der Waals surface area contributed by atoms with Gasteiger partial charge >= 0.3 is 5.97 Å². The third-order valence-electron chi connectivity index (χ3n) is 4.61. The molecular weight excluding hydrogens is 350 g/mol. The van der Waals surface area contributed by atoms with Crippen molar-refractivity contribution in [2.45, 2.75) is 24.9 Å². The number of aliphatic carboxylic acids is 1. The van der Waals surface area contributed by atoms with Crippen LogP contribution in [-0.2, 0) is 16.0 Å². The van der Waals surface area contributed by atoms with Gasteiger partial charge in [0.15, 0.2) is 0 Å². The molecule has 1 aromatic heterocycles. The van der Waals surface area contributed by atoms with Gasteiger partial charge in [-0.25, -0.2) is 10.2 Å². The second-order valence-electron chi connectivity index (χ2n) is 6.41. The highest BCUT2D eigenvalue weighted by Crippen LogP contribution is 2.27. The van der Waals surface area contributed by atoms with Gasteiger partial charge in [-0.15, -0.1) is 5.10 Å². The number of rotatable bonds is 7. The molecule has 1 fully saturated rings. The molecule has 1 aliphatic rings. The summed E-state index contributed by atoms with van der Waals surface area (Å²) in [4.78, 5) is 24.6. The first-order valence-corrected chi connectivity index (χ1v) is 8.61. The van der Waals surface area contributed by atoms with Gasteiger partial charge in [0, 0.05) is 19.2 Å². The average Bonchev–Trinajstić information content (AvgIpc) is 3.32. The maximum absolute atomic E-state index is 11.6. The van der Waals surface area contributed by atoms with E-state index < -0.39 is 17.9 Å². The first-order valence-electron chi connectivity index (χ1n) is 8.61. The molecule has 1 saturated heterocycles. The Labute approximate surface area is 155 Å². The smallest absolute Gasteiger partial charge is 0.321 e. The van der Waals surface area contributed by atoms with E-state index in [0.29, 0.717) is 25.2 Å². The van der Waals surface area contributed by atoms with Crippen LogP contribution in [0.5, 0.6) is 0 Å². The minimum Gasteiger partial charge on any atom is -0.480 e. The van der Waals surface area contributed by atoms with Crippen LogP contribution in [-0.4, -0.2) is 61.2 Å². The van der Waals surface area contributed by atoms with Crippen molar-refractivity contribution < 1.29 is 19.9 Å². The number of amides is 1. The Morgan fingerprint density at radius 2 is 2.07 bits per heavy atom. The Hall–Kier alpha value is -3.04. The third kappa shape index (κ3) is 4.78. The number of aromatic nitrogens is 3. The molecule has 0 bridgehead atoms. The molecule has 0 unspecified atom stereocenters.